The number of benzene rings is 3. The summed E-state index contributed by atoms with van der Waals surface area (Å²) in [5, 5.41) is 9.75. The van der Waals surface area contributed by atoms with Gasteiger partial charge in [-0.2, -0.15) is 4.98 Å². The van der Waals surface area contributed by atoms with Crippen LogP contribution in [-0.4, -0.2) is 47.7 Å². The third-order valence-corrected chi connectivity index (χ3v) is 7.88. The molecule has 2 aromatic heterocycles. The van der Waals surface area contributed by atoms with Gasteiger partial charge < -0.3 is 25.3 Å². The molecule has 1 saturated carbocycles. The third kappa shape index (κ3) is 6.05. The van der Waals surface area contributed by atoms with Crippen LogP contribution >= 0.6 is 0 Å². The van der Waals surface area contributed by atoms with E-state index in [4.69, 9.17) is 14.7 Å². The van der Waals surface area contributed by atoms with E-state index in [2.05, 4.69) is 63.1 Å². The number of nitrogens with zero attached hydrogens (tertiary/aromatic N) is 3. The molecule has 0 atom stereocenters. The van der Waals surface area contributed by atoms with Gasteiger partial charge in [-0.25, -0.2) is 4.98 Å². The Balaban J connectivity index is 0.996. The lowest BCUT2D eigenvalue weighted by Gasteiger charge is -2.30. The van der Waals surface area contributed by atoms with E-state index in [9.17, 15) is 0 Å². The van der Waals surface area contributed by atoms with Crippen LogP contribution in [-0.2, 0) is 13.0 Å². The van der Waals surface area contributed by atoms with Crippen molar-refractivity contribution in [1.82, 2.24) is 20.3 Å². The molecule has 3 aromatic carbocycles. The summed E-state index contributed by atoms with van der Waals surface area (Å²) in [4.78, 5) is 15.1. The van der Waals surface area contributed by atoms with Crippen molar-refractivity contribution >= 4 is 33.6 Å². The molecular formula is C33H38N6O. The molecule has 0 radical (unpaired) electrons. The molecule has 0 saturated heterocycles. The average molecular weight is 535 g/mol. The summed E-state index contributed by atoms with van der Waals surface area (Å²) in [6, 6.07) is 25.8. The summed E-state index contributed by atoms with van der Waals surface area (Å²) < 4.78 is 6.07. The first-order valence-corrected chi connectivity index (χ1v) is 14.3. The molecule has 5 aromatic rings. The third-order valence-electron chi connectivity index (χ3n) is 7.88. The highest BCUT2D eigenvalue weighted by Gasteiger charge is 2.22. The van der Waals surface area contributed by atoms with Gasteiger partial charge in [0.05, 0.1) is 5.52 Å². The molecule has 1 fully saturated rings. The number of anilines is 2. The van der Waals surface area contributed by atoms with Gasteiger partial charge in [0.25, 0.3) is 0 Å². The van der Waals surface area contributed by atoms with Crippen LogP contribution in [0, 0.1) is 0 Å². The molecule has 206 valence electrons. The fourth-order valence-electron chi connectivity index (χ4n) is 5.70. The van der Waals surface area contributed by atoms with Gasteiger partial charge >= 0.3 is 0 Å². The zero-order valence-electron chi connectivity index (χ0n) is 23.4. The predicted octanol–water partition coefficient (Wildman–Crippen LogP) is 6.31. The molecular weight excluding hydrogens is 496 g/mol. The molecule has 40 heavy (non-hydrogen) atoms. The van der Waals surface area contributed by atoms with Crippen LogP contribution in [0.15, 0.2) is 79.0 Å². The number of nitrogens with one attached hydrogen (secondary N) is 3. The number of aromatic amines is 1. The first-order valence-electron chi connectivity index (χ1n) is 14.3. The van der Waals surface area contributed by atoms with Gasteiger partial charge in [-0.05, 0) is 80.1 Å². The minimum absolute atomic E-state index is 0.400. The van der Waals surface area contributed by atoms with Crippen LogP contribution in [0.2, 0.25) is 0 Å². The number of ether oxygens (including phenoxy) is 1. The summed E-state index contributed by atoms with van der Waals surface area (Å²) in [6.45, 7) is 1.54. The van der Waals surface area contributed by atoms with Crippen LogP contribution in [0.3, 0.4) is 0 Å². The van der Waals surface area contributed by atoms with Gasteiger partial charge in [-0.15, -0.1) is 0 Å². The van der Waals surface area contributed by atoms with Crippen molar-refractivity contribution in [3.63, 3.8) is 0 Å². The molecule has 1 aliphatic carbocycles. The van der Waals surface area contributed by atoms with E-state index in [1.807, 2.05) is 50.5 Å². The van der Waals surface area contributed by atoms with Crippen LogP contribution in [0.25, 0.3) is 21.8 Å². The monoisotopic (exact) mass is 534 g/mol. The van der Waals surface area contributed by atoms with E-state index < -0.39 is 0 Å². The Morgan fingerprint density at radius 3 is 2.48 bits per heavy atom. The lowest BCUT2D eigenvalue weighted by molar-refractivity contribution is 0.306. The van der Waals surface area contributed by atoms with Crippen LogP contribution in [0.4, 0.5) is 11.8 Å². The molecule has 7 nitrogen and oxygen atoms in total. The zero-order valence-corrected chi connectivity index (χ0v) is 23.4. The fraction of sp³-hybridized carbons (Fsp3) is 0.333. The number of para-hydroxylation sites is 1. The van der Waals surface area contributed by atoms with E-state index in [1.165, 1.54) is 16.5 Å². The Hall–Kier alpha value is -4.10. The highest BCUT2D eigenvalue weighted by Crippen LogP contribution is 2.27. The number of hydrogen-bond donors (Lipinski definition) is 3. The van der Waals surface area contributed by atoms with Gasteiger partial charge in [0.2, 0.25) is 5.95 Å². The first kappa shape index (κ1) is 26.1. The van der Waals surface area contributed by atoms with E-state index >= 15 is 0 Å². The minimum atomic E-state index is 0.400. The van der Waals surface area contributed by atoms with Crippen molar-refractivity contribution < 1.29 is 4.74 Å². The van der Waals surface area contributed by atoms with Gasteiger partial charge in [0, 0.05) is 48.7 Å². The van der Waals surface area contributed by atoms with Crippen LogP contribution < -0.4 is 20.3 Å². The first-order chi connectivity index (χ1) is 19.6. The summed E-state index contributed by atoms with van der Waals surface area (Å²) in [7, 11) is 4.06. The van der Waals surface area contributed by atoms with E-state index in [-0.39, 0.29) is 0 Å². The van der Waals surface area contributed by atoms with Gasteiger partial charge in [-0.1, -0.05) is 42.5 Å². The quantitative estimate of drug-likeness (QED) is 0.195. The molecule has 3 N–H and O–H groups in total. The maximum absolute atomic E-state index is 6.07. The average Bonchev–Trinajstić information content (AvgIpc) is 3.39. The van der Waals surface area contributed by atoms with E-state index in [1.54, 1.807) is 0 Å². The Bertz CT molecular complexity index is 1560. The smallest absolute Gasteiger partial charge is 0.225 e. The minimum Gasteiger partial charge on any atom is -0.489 e. The highest BCUT2D eigenvalue weighted by atomic mass is 16.5. The Labute approximate surface area is 236 Å². The second-order valence-corrected chi connectivity index (χ2v) is 11.0. The second-order valence-electron chi connectivity index (χ2n) is 11.0. The molecule has 2 heterocycles. The molecule has 6 rings (SSSR count). The maximum Gasteiger partial charge on any atom is 0.225 e. The SMILES string of the molecule is CN(C)c1nc(N[C@H]2CC[C@@H](NCCc3c[nH]c4ccc(OCc5ccccc5)cc34)CC2)nc2ccccc12. The van der Waals surface area contributed by atoms with E-state index in [0.29, 0.717) is 18.7 Å². The Morgan fingerprint density at radius 2 is 1.65 bits per heavy atom. The summed E-state index contributed by atoms with van der Waals surface area (Å²) >= 11 is 0. The zero-order chi connectivity index (χ0) is 27.3. The maximum atomic E-state index is 6.07. The van der Waals surface area contributed by atoms with Gasteiger partial charge in [-0.3, -0.25) is 0 Å². The molecule has 7 heteroatoms. The number of rotatable bonds is 10. The second kappa shape index (κ2) is 12.0. The topological polar surface area (TPSA) is 78.1 Å². The summed E-state index contributed by atoms with van der Waals surface area (Å²) in [5.74, 6) is 2.59. The van der Waals surface area contributed by atoms with Gasteiger partial charge in [0.15, 0.2) is 0 Å². The van der Waals surface area contributed by atoms with Crippen molar-refractivity contribution in [2.75, 3.05) is 30.9 Å². The Morgan fingerprint density at radius 1 is 0.875 bits per heavy atom. The van der Waals surface area contributed by atoms with Crippen molar-refractivity contribution in [1.29, 1.82) is 0 Å². The largest absolute Gasteiger partial charge is 0.489 e. The van der Waals surface area contributed by atoms with Crippen molar-refractivity contribution in [3.8, 4) is 5.75 Å². The number of hydrogen-bond acceptors (Lipinski definition) is 6. The molecule has 0 unspecified atom stereocenters. The molecule has 0 bridgehead atoms. The van der Waals surface area contributed by atoms with Crippen LogP contribution in [0.5, 0.6) is 5.75 Å². The number of aromatic nitrogens is 3. The van der Waals surface area contributed by atoms with Gasteiger partial charge in [0.1, 0.15) is 18.2 Å². The molecule has 0 spiro atoms. The molecule has 1 aliphatic rings. The molecule has 0 amide bonds. The lowest BCUT2D eigenvalue weighted by Crippen LogP contribution is -2.38. The molecule has 0 aliphatic heterocycles. The van der Waals surface area contributed by atoms with Crippen molar-refractivity contribution in [2.24, 2.45) is 0 Å². The van der Waals surface area contributed by atoms with E-state index in [0.717, 1.165) is 72.6 Å². The van der Waals surface area contributed by atoms with Crippen molar-refractivity contribution in [2.45, 2.75) is 50.8 Å². The lowest BCUT2D eigenvalue weighted by atomic mass is 9.91. The summed E-state index contributed by atoms with van der Waals surface area (Å²) in [6.07, 6.45) is 7.65. The normalized spacial score (nSPS) is 17.2. The van der Waals surface area contributed by atoms with Crippen LogP contribution in [0.1, 0.15) is 36.8 Å². The Kier molecular flexibility index (Phi) is 7.82. The standard InChI is InChI=1S/C33H38N6O/c1-39(2)32-28-10-6-7-11-31(28)37-33(38-32)36-26-14-12-25(13-15-26)34-19-18-24-21-35-30-17-16-27(20-29(24)30)40-22-23-8-4-3-5-9-23/h3-11,16-17,20-21,25-26,34-35H,12-15,18-19,22H2,1-2H3,(H,36,37,38)/t25-,26+. The number of H-pyrrole nitrogens is 1. The number of fused-ring (bicyclic) bond motifs is 2. The summed E-state index contributed by atoms with van der Waals surface area (Å²) in [5.41, 5.74) is 4.63. The highest BCUT2D eigenvalue weighted by molar-refractivity contribution is 5.90. The fourth-order valence-corrected chi connectivity index (χ4v) is 5.70. The van der Waals surface area contributed by atoms with Crippen molar-refractivity contribution in [3.05, 3.63) is 90.1 Å². The predicted molar refractivity (Wildman–Crippen MR) is 164 cm³/mol.